The fourth-order valence-electron chi connectivity index (χ4n) is 2.43. The van der Waals surface area contributed by atoms with Crippen LogP contribution in [0.4, 0.5) is 0 Å². The Balaban J connectivity index is 1.91. The van der Waals surface area contributed by atoms with Gasteiger partial charge >= 0.3 is 0 Å². The molecule has 128 valence electrons. The normalized spacial score (nSPS) is 12.8. The van der Waals surface area contributed by atoms with E-state index in [1.165, 1.54) is 11.1 Å². The van der Waals surface area contributed by atoms with E-state index in [9.17, 15) is 0 Å². The molecule has 0 saturated carbocycles. The minimum absolute atomic E-state index is 0.0172. The summed E-state index contributed by atoms with van der Waals surface area (Å²) in [5, 5.41) is 7.94. The fourth-order valence-corrected chi connectivity index (χ4v) is 3.00. The van der Waals surface area contributed by atoms with Crippen LogP contribution in [0.25, 0.3) is 0 Å². The van der Waals surface area contributed by atoms with Crippen LogP contribution >= 0.6 is 23.2 Å². The van der Waals surface area contributed by atoms with E-state index in [4.69, 9.17) is 23.2 Å². The minimum Gasteiger partial charge on any atom is -0.356 e. The van der Waals surface area contributed by atoms with Crippen molar-refractivity contribution in [2.24, 2.45) is 4.99 Å². The summed E-state index contributed by atoms with van der Waals surface area (Å²) in [5.41, 5.74) is 3.46. The van der Waals surface area contributed by atoms with Crippen molar-refractivity contribution in [2.45, 2.75) is 26.3 Å². The van der Waals surface area contributed by atoms with E-state index < -0.39 is 0 Å². The van der Waals surface area contributed by atoms with E-state index in [0.29, 0.717) is 10.0 Å². The molecule has 4 nitrogen and oxygen atoms in total. The highest BCUT2D eigenvalue weighted by Crippen LogP contribution is 2.25. The number of hydrogen-bond acceptors (Lipinski definition) is 2. The average Bonchev–Trinajstić information content (AvgIpc) is 2.55. The Morgan fingerprint density at radius 1 is 1.29 bits per heavy atom. The number of benzene rings is 1. The minimum atomic E-state index is 0.0172. The van der Waals surface area contributed by atoms with Crippen LogP contribution in [-0.4, -0.2) is 24.5 Å². The van der Waals surface area contributed by atoms with E-state index >= 15 is 0 Å². The maximum absolute atomic E-state index is 6.26. The molecule has 0 radical (unpaired) electrons. The molecule has 24 heavy (non-hydrogen) atoms. The highest BCUT2D eigenvalue weighted by Gasteiger charge is 2.11. The zero-order chi connectivity index (χ0) is 17.5. The summed E-state index contributed by atoms with van der Waals surface area (Å²) in [7, 11) is 1.75. The molecule has 1 aromatic heterocycles. The molecule has 6 heteroatoms. The summed E-state index contributed by atoms with van der Waals surface area (Å²) in [6.45, 7) is 4.89. The Labute approximate surface area is 153 Å². The van der Waals surface area contributed by atoms with Gasteiger partial charge in [-0.15, -0.1) is 0 Å². The first-order valence-electron chi connectivity index (χ1n) is 7.83. The summed E-state index contributed by atoms with van der Waals surface area (Å²) in [6, 6.07) is 7.57. The number of aryl methyl sites for hydroxylation is 1. The van der Waals surface area contributed by atoms with Crippen molar-refractivity contribution in [3.05, 3.63) is 63.4 Å². The number of nitrogens with one attached hydrogen (secondary N) is 2. The van der Waals surface area contributed by atoms with Gasteiger partial charge in [0.15, 0.2) is 5.96 Å². The Morgan fingerprint density at radius 2 is 2.08 bits per heavy atom. The highest BCUT2D eigenvalue weighted by atomic mass is 35.5. The summed E-state index contributed by atoms with van der Waals surface area (Å²) in [4.78, 5) is 8.38. The van der Waals surface area contributed by atoms with Crippen molar-refractivity contribution in [2.75, 3.05) is 13.6 Å². The first-order chi connectivity index (χ1) is 11.5. The van der Waals surface area contributed by atoms with Gasteiger partial charge in [-0.1, -0.05) is 29.3 Å². The van der Waals surface area contributed by atoms with Crippen LogP contribution in [0.15, 0.2) is 41.7 Å². The molecule has 1 heterocycles. The number of guanidine groups is 1. The first-order valence-corrected chi connectivity index (χ1v) is 8.58. The molecule has 2 rings (SSSR count). The van der Waals surface area contributed by atoms with Crippen molar-refractivity contribution in [1.29, 1.82) is 0 Å². The molecule has 2 N–H and O–H groups in total. The maximum atomic E-state index is 6.26. The summed E-state index contributed by atoms with van der Waals surface area (Å²) in [5.74, 6) is 0.736. The quantitative estimate of drug-likeness (QED) is 0.618. The van der Waals surface area contributed by atoms with Crippen LogP contribution < -0.4 is 10.6 Å². The second-order valence-corrected chi connectivity index (χ2v) is 6.43. The Kier molecular flexibility index (Phi) is 6.88. The molecule has 1 aromatic carbocycles. The van der Waals surface area contributed by atoms with Crippen molar-refractivity contribution in [3.8, 4) is 0 Å². The monoisotopic (exact) mass is 364 g/mol. The van der Waals surface area contributed by atoms with Gasteiger partial charge < -0.3 is 10.6 Å². The summed E-state index contributed by atoms with van der Waals surface area (Å²) >= 11 is 12.2. The predicted octanol–water partition coefficient (Wildman–Crippen LogP) is 4.17. The lowest BCUT2D eigenvalue weighted by Gasteiger charge is -2.19. The molecule has 0 spiro atoms. The Bertz CT molecular complexity index is 716. The first kappa shape index (κ1) is 18.6. The number of pyridine rings is 1. The second kappa shape index (κ2) is 8.90. The number of aromatic nitrogens is 1. The van der Waals surface area contributed by atoms with E-state index in [-0.39, 0.29) is 6.04 Å². The van der Waals surface area contributed by atoms with Gasteiger partial charge in [0.2, 0.25) is 0 Å². The topological polar surface area (TPSA) is 49.3 Å². The number of rotatable bonds is 5. The van der Waals surface area contributed by atoms with Gasteiger partial charge in [0.25, 0.3) is 0 Å². The lowest BCUT2D eigenvalue weighted by atomic mass is 10.1. The van der Waals surface area contributed by atoms with Crippen LogP contribution in [0, 0.1) is 6.92 Å². The summed E-state index contributed by atoms with van der Waals surface area (Å²) < 4.78 is 0. The predicted molar refractivity (Wildman–Crippen MR) is 102 cm³/mol. The maximum Gasteiger partial charge on any atom is 0.191 e. The molecule has 1 atom stereocenters. The Hall–Kier alpha value is -1.78. The number of aliphatic imine (C=N–C) groups is 1. The summed E-state index contributed by atoms with van der Waals surface area (Å²) in [6.07, 6.45) is 4.61. The SMILES string of the molecule is CN=C(NCCc1ccncc1C)NC(C)c1ccc(Cl)cc1Cl. The van der Waals surface area contributed by atoms with Crippen LogP contribution in [0.2, 0.25) is 10.0 Å². The van der Waals surface area contributed by atoms with Gasteiger partial charge in [0.1, 0.15) is 0 Å². The van der Waals surface area contributed by atoms with E-state index in [2.05, 4.69) is 27.5 Å². The smallest absolute Gasteiger partial charge is 0.191 e. The molecule has 0 bridgehead atoms. The fraction of sp³-hybridized carbons (Fsp3) is 0.333. The van der Waals surface area contributed by atoms with E-state index in [1.54, 1.807) is 13.1 Å². The molecule has 0 amide bonds. The van der Waals surface area contributed by atoms with Gasteiger partial charge in [-0.3, -0.25) is 9.98 Å². The van der Waals surface area contributed by atoms with Crippen molar-refractivity contribution in [3.63, 3.8) is 0 Å². The molecule has 1 unspecified atom stereocenters. The molecule has 0 fully saturated rings. The molecule has 0 aliphatic carbocycles. The van der Waals surface area contributed by atoms with Crippen molar-refractivity contribution >= 4 is 29.2 Å². The molecular weight excluding hydrogens is 343 g/mol. The third-order valence-corrected chi connectivity index (χ3v) is 4.39. The highest BCUT2D eigenvalue weighted by molar-refractivity contribution is 6.35. The average molecular weight is 365 g/mol. The van der Waals surface area contributed by atoms with Crippen molar-refractivity contribution in [1.82, 2.24) is 15.6 Å². The number of hydrogen-bond donors (Lipinski definition) is 2. The van der Waals surface area contributed by atoms with Crippen LogP contribution in [0.5, 0.6) is 0 Å². The van der Waals surface area contributed by atoms with Gasteiger partial charge in [-0.25, -0.2) is 0 Å². The van der Waals surface area contributed by atoms with Crippen molar-refractivity contribution < 1.29 is 0 Å². The van der Waals surface area contributed by atoms with Gasteiger partial charge in [0, 0.05) is 36.0 Å². The lowest BCUT2D eigenvalue weighted by Crippen LogP contribution is -2.39. The molecule has 0 aliphatic heterocycles. The lowest BCUT2D eigenvalue weighted by molar-refractivity contribution is 0.684. The van der Waals surface area contributed by atoms with Crippen LogP contribution in [0.3, 0.4) is 0 Å². The standard InChI is InChI=1S/C18H22Cl2N4/c1-12-11-22-8-6-14(12)7-9-23-18(21-3)24-13(2)16-5-4-15(19)10-17(16)20/h4-6,8,10-11,13H,7,9H2,1-3H3,(H2,21,23,24). The molecular formula is C18H22Cl2N4. The Morgan fingerprint density at radius 3 is 2.75 bits per heavy atom. The zero-order valence-corrected chi connectivity index (χ0v) is 15.6. The van der Waals surface area contributed by atoms with Gasteiger partial charge in [0.05, 0.1) is 6.04 Å². The van der Waals surface area contributed by atoms with Crippen LogP contribution in [-0.2, 0) is 6.42 Å². The van der Waals surface area contributed by atoms with E-state index in [1.807, 2.05) is 37.5 Å². The molecule has 0 aliphatic rings. The van der Waals surface area contributed by atoms with E-state index in [0.717, 1.165) is 24.5 Å². The third kappa shape index (κ3) is 5.11. The number of halogens is 2. The van der Waals surface area contributed by atoms with Crippen LogP contribution in [0.1, 0.15) is 29.7 Å². The zero-order valence-electron chi connectivity index (χ0n) is 14.1. The van der Waals surface area contributed by atoms with Gasteiger partial charge in [-0.2, -0.15) is 0 Å². The molecule has 0 saturated heterocycles. The largest absolute Gasteiger partial charge is 0.356 e. The third-order valence-electron chi connectivity index (χ3n) is 3.83. The molecule has 2 aromatic rings. The number of nitrogens with zero attached hydrogens (tertiary/aromatic N) is 2. The second-order valence-electron chi connectivity index (χ2n) is 5.58. The van der Waals surface area contributed by atoms with Gasteiger partial charge in [-0.05, 0) is 55.2 Å².